The first-order chi connectivity index (χ1) is 7.14. The fourth-order valence-corrected chi connectivity index (χ4v) is 2.41. The molecule has 1 aromatic rings. The summed E-state index contributed by atoms with van der Waals surface area (Å²) >= 11 is 0. The Bertz CT molecular complexity index is 361. The van der Waals surface area contributed by atoms with Gasteiger partial charge in [0, 0.05) is 18.0 Å². The molecular weight excluding hydrogens is 186 g/mol. The molecule has 1 aliphatic rings. The van der Waals surface area contributed by atoms with E-state index in [2.05, 4.69) is 18.9 Å². The van der Waals surface area contributed by atoms with E-state index in [1.807, 2.05) is 11.7 Å². The molecule has 1 fully saturated rings. The molecule has 0 unspecified atom stereocenters. The van der Waals surface area contributed by atoms with Gasteiger partial charge in [-0.15, -0.1) is 0 Å². The van der Waals surface area contributed by atoms with Crippen molar-refractivity contribution in [3.8, 4) is 0 Å². The molecule has 0 bridgehead atoms. The second kappa shape index (κ2) is 3.54. The smallest absolute Gasteiger partial charge is 0.124 e. The third kappa shape index (κ3) is 1.54. The predicted octanol–water partition coefficient (Wildman–Crippen LogP) is 2.40. The van der Waals surface area contributed by atoms with Crippen molar-refractivity contribution in [3.05, 3.63) is 11.3 Å². The van der Waals surface area contributed by atoms with Gasteiger partial charge in [-0.1, -0.05) is 20.3 Å². The van der Waals surface area contributed by atoms with Crippen LogP contribution in [-0.4, -0.2) is 9.78 Å². The summed E-state index contributed by atoms with van der Waals surface area (Å²) in [6.07, 6.45) is 5.98. The maximum Gasteiger partial charge on any atom is 0.124 e. The largest absolute Gasteiger partial charge is 0.384 e. The minimum absolute atomic E-state index is 0.375. The van der Waals surface area contributed by atoms with Crippen LogP contribution >= 0.6 is 0 Å². The molecule has 15 heavy (non-hydrogen) atoms. The van der Waals surface area contributed by atoms with E-state index >= 15 is 0 Å². The molecule has 2 N–H and O–H groups in total. The molecule has 3 heteroatoms. The number of nitrogens with two attached hydrogens (primary N) is 1. The molecule has 0 amide bonds. The molecule has 1 heterocycles. The Kier molecular flexibility index (Phi) is 2.49. The van der Waals surface area contributed by atoms with Crippen molar-refractivity contribution in [1.29, 1.82) is 0 Å². The van der Waals surface area contributed by atoms with Crippen LogP contribution in [0.4, 0.5) is 5.82 Å². The minimum Gasteiger partial charge on any atom is -0.384 e. The first-order valence-electron chi connectivity index (χ1n) is 5.96. The van der Waals surface area contributed by atoms with Crippen LogP contribution in [-0.2, 0) is 18.9 Å². The van der Waals surface area contributed by atoms with Crippen molar-refractivity contribution in [2.24, 2.45) is 7.05 Å². The zero-order chi connectivity index (χ0) is 11.1. The van der Waals surface area contributed by atoms with Crippen LogP contribution < -0.4 is 5.73 Å². The summed E-state index contributed by atoms with van der Waals surface area (Å²) in [5.74, 6) is 0.867. The first kappa shape index (κ1) is 10.5. The summed E-state index contributed by atoms with van der Waals surface area (Å²) in [5.41, 5.74) is 9.03. The van der Waals surface area contributed by atoms with Gasteiger partial charge in [-0.3, -0.25) is 4.68 Å². The van der Waals surface area contributed by atoms with Crippen LogP contribution in [0, 0.1) is 0 Å². The number of hydrogen-bond donors (Lipinski definition) is 1. The number of rotatable bonds is 4. The lowest BCUT2D eigenvalue weighted by molar-refractivity contribution is 0.610. The zero-order valence-electron chi connectivity index (χ0n) is 10.0. The summed E-state index contributed by atoms with van der Waals surface area (Å²) in [6.45, 7) is 4.45. The maximum absolute atomic E-state index is 6.07. The normalized spacial score (nSPS) is 18.1. The summed E-state index contributed by atoms with van der Waals surface area (Å²) in [5, 5.41) is 4.63. The van der Waals surface area contributed by atoms with Crippen molar-refractivity contribution in [1.82, 2.24) is 9.78 Å². The lowest BCUT2D eigenvalue weighted by Crippen LogP contribution is -2.09. The van der Waals surface area contributed by atoms with Gasteiger partial charge in [0.2, 0.25) is 0 Å². The van der Waals surface area contributed by atoms with E-state index < -0.39 is 0 Å². The quantitative estimate of drug-likeness (QED) is 0.824. The van der Waals surface area contributed by atoms with Crippen molar-refractivity contribution in [2.75, 3.05) is 5.73 Å². The van der Waals surface area contributed by atoms with Gasteiger partial charge in [0.05, 0.1) is 5.69 Å². The molecule has 0 saturated heterocycles. The van der Waals surface area contributed by atoms with Gasteiger partial charge in [-0.2, -0.15) is 5.10 Å². The van der Waals surface area contributed by atoms with Crippen LogP contribution in [0.25, 0.3) is 0 Å². The van der Waals surface area contributed by atoms with Crippen LogP contribution in [0.2, 0.25) is 0 Å². The third-order valence-corrected chi connectivity index (χ3v) is 3.73. The number of hydrogen-bond acceptors (Lipinski definition) is 2. The first-order valence-corrected chi connectivity index (χ1v) is 5.96. The van der Waals surface area contributed by atoms with E-state index in [1.165, 1.54) is 30.5 Å². The highest BCUT2D eigenvalue weighted by Crippen LogP contribution is 2.52. The number of nitrogen functional groups attached to an aromatic ring is 1. The van der Waals surface area contributed by atoms with Gasteiger partial charge in [0.1, 0.15) is 5.82 Å². The van der Waals surface area contributed by atoms with E-state index in [4.69, 9.17) is 5.73 Å². The standard InChI is InChI=1S/C12H21N3/c1-4-6-9-10(12(5-2)7-8-12)14-15(3)11(9)13/h4-8,13H2,1-3H3. The van der Waals surface area contributed by atoms with E-state index in [0.29, 0.717) is 5.41 Å². The van der Waals surface area contributed by atoms with Crippen molar-refractivity contribution in [2.45, 2.75) is 51.4 Å². The zero-order valence-corrected chi connectivity index (χ0v) is 10.0. The lowest BCUT2D eigenvalue weighted by atomic mass is 9.94. The number of aryl methyl sites for hydroxylation is 1. The van der Waals surface area contributed by atoms with Gasteiger partial charge >= 0.3 is 0 Å². The Balaban J connectivity index is 2.42. The second-order valence-corrected chi connectivity index (χ2v) is 4.72. The molecule has 0 atom stereocenters. The molecule has 3 nitrogen and oxygen atoms in total. The molecule has 1 aromatic heterocycles. The molecule has 1 saturated carbocycles. The number of anilines is 1. The highest BCUT2D eigenvalue weighted by Gasteiger charge is 2.46. The van der Waals surface area contributed by atoms with E-state index in [1.54, 1.807) is 0 Å². The highest BCUT2D eigenvalue weighted by molar-refractivity contribution is 5.48. The molecule has 0 radical (unpaired) electrons. The van der Waals surface area contributed by atoms with Crippen molar-refractivity contribution in [3.63, 3.8) is 0 Å². The monoisotopic (exact) mass is 207 g/mol. The Labute approximate surface area is 91.7 Å². The minimum atomic E-state index is 0.375. The van der Waals surface area contributed by atoms with Gasteiger partial charge < -0.3 is 5.73 Å². The van der Waals surface area contributed by atoms with Crippen LogP contribution in [0.5, 0.6) is 0 Å². The Morgan fingerprint density at radius 2 is 2.07 bits per heavy atom. The maximum atomic E-state index is 6.07. The third-order valence-electron chi connectivity index (χ3n) is 3.73. The van der Waals surface area contributed by atoms with Crippen molar-refractivity contribution < 1.29 is 0 Å². The predicted molar refractivity (Wildman–Crippen MR) is 62.8 cm³/mol. The van der Waals surface area contributed by atoms with E-state index in [9.17, 15) is 0 Å². The molecule has 0 aromatic carbocycles. The topological polar surface area (TPSA) is 43.8 Å². The number of nitrogens with zero attached hydrogens (tertiary/aromatic N) is 2. The van der Waals surface area contributed by atoms with Gasteiger partial charge in [-0.05, 0) is 25.7 Å². The molecule has 0 aliphatic heterocycles. The van der Waals surface area contributed by atoms with E-state index in [0.717, 1.165) is 18.7 Å². The number of aromatic nitrogens is 2. The average molecular weight is 207 g/mol. The Morgan fingerprint density at radius 3 is 2.53 bits per heavy atom. The van der Waals surface area contributed by atoms with Crippen LogP contribution in [0.15, 0.2) is 0 Å². The van der Waals surface area contributed by atoms with E-state index in [-0.39, 0.29) is 0 Å². The lowest BCUT2D eigenvalue weighted by Gasteiger charge is -2.11. The molecule has 0 spiro atoms. The summed E-state index contributed by atoms with van der Waals surface area (Å²) in [6, 6.07) is 0. The summed E-state index contributed by atoms with van der Waals surface area (Å²) in [4.78, 5) is 0. The average Bonchev–Trinajstić information content (AvgIpc) is 2.97. The van der Waals surface area contributed by atoms with Gasteiger partial charge in [-0.25, -0.2) is 0 Å². The van der Waals surface area contributed by atoms with Crippen molar-refractivity contribution >= 4 is 5.82 Å². The summed E-state index contributed by atoms with van der Waals surface area (Å²) in [7, 11) is 1.95. The fraction of sp³-hybridized carbons (Fsp3) is 0.750. The van der Waals surface area contributed by atoms with Crippen LogP contribution in [0.3, 0.4) is 0 Å². The highest BCUT2D eigenvalue weighted by atomic mass is 15.3. The fourth-order valence-electron chi connectivity index (χ4n) is 2.41. The second-order valence-electron chi connectivity index (χ2n) is 4.72. The Hall–Kier alpha value is -0.990. The molecule has 1 aliphatic carbocycles. The summed E-state index contributed by atoms with van der Waals surface area (Å²) < 4.78 is 1.84. The molecular formula is C12H21N3. The molecule has 2 rings (SSSR count). The van der Waals surface area contributed by atoms with Gasteiger partial charge in [0.15, 0.2) is 0 Å². The SMILES string of the molecule is CCCc1c(C2(CC)CC2)nn(C)c1N. The Morgan fingerprint density at radius 1 is 1.40 bits per heavy atom. The molecule has 84 valence electrons. The van der Waals surface area contributed by atoms with Crippen LogP contribution in [0.1, 0.15) is 50.8 Å². The van der Waals surface area contributed by atoms with Gasteiger partial charge in [0.25, 0.3) is 0 Å².